The lowest BCUT2D eigenvalue weighted by Gasteiger charge is -2.36. The summed E-state index contributed by atoms with van der Waals surface area (Å²) in [4.78, 5) is 0. The van der Waals surface area contributed by atoms with Gasteiger partial charge in [0.15, 0.2) is 0 Å². The van der Waals surface area contributed by atoms with Crippen LogP contribution in [0.5, 0.6) is 0 Å². The summed E-state index contributed by atoms with van der Waals surface area (Å²) < 4.78 is 32.9. The SMILES string of the molecule is CS(=O)(=O)CCCOC1(CN)CCOCC1. The number of hydrogen-bond donors (Lipinski definition) is 1. The van der Waals surface area contributed by atoms with E-state index in [2.05, 4.69) is 0 Å². The second kappa shape index (κ2) is 5.95. The standard InChI is InChI=1S/C10H21NO4S/c1-16(12,13)8-2-5-15-10(9-11)3-6-14-7-4-10/h2-9,11H2,1H3. The second-order valence-corrected chi connectivity index (χ2v) is 6.59. The average molecular weight is 251 g/mol. The fraction of sp³-hybridized carbons (Fsp3) is 1.00. The molecular weight excluding hydrogens is 230 g/mol. The van der Waals surface area contributed by atoms with Gasteiger partial charge in [-0.3, -0.25) is 0 Å². The molecule has 1 aliphatic rings. The Morgan fingerprint density at radius 3 is 2.50 bits per heavy atom. The molecule has 1 rings (SSSR count). The summed E-state index contributed by atoms with van der Waals surface area (Å²) in [6.45, 7) is 2.26. The van der Waals surface area contributed by atoms with Crippen molar-refractivity contribution in [1.82, 2.24) is 0 Å². The Morgan fingerprint density at radius 2 is 2.00 bits per heavy atom. The molecule has 0 saturated carbocycles. The Bertz CT molecular complexity index is 296. The molecular formula is C10H21NO4S. The summed E-state index contributed by atoms with van der Waals surface area (Å²) in [6.07, 6.45) is 3.35. The van der Waals surface area contributed by atoms with Crippen LogP contribution in [-0.2, 0) is 19.3 Å². The maximum absolute atomic E-state index is 10.9. The van der Waals surface area contributed by atoms with Crippen molar-refractivity contribution in [2.24, 2.45) is 5.73 Å². The molecule has 0 atom stereocenters. The van der Waals surface area contributed by atoms with Gasteiger partial charge in [0.05, 0.1) is 11.4 Å². The highest BCUT2D eigenvalue weighted by Crippen LogP contribution is 2.24. The van der Waals surface area contributed by atoms with Gasteiger partial charge in [-0.05, 0) is 6.42 Å². The summed E-state index contributed by atoms with van der Waals surface area (Å²) in [5.41, 5.74) is 5.41. The molecule has 0 aliphatic carbocycles. The minimum atomic E-state index is -2.89. The Hall–Kier alpha value is -0.170. The van der Waals surface area contributed by atoms with Crippen LogP contribution >= 0.6 is 0 Å². The summed E-state index contributed by atoms with van der Waals surface area (Å²) in [7, 11) is -2.89. The summed E-state index contributed by atoms with van der Waals surface area (Å²) in [6, 6.07) is 0. The maximum atomic E-state index is 10.9. The summed E-state index contributed by atoms with van der Waals surface area (Å²) >= 11 is 0. The van der Waals surface area contributed by atoms with Crippen molar-refractivity contribution in [1.29, 1.82) is 0 Å². The van der Waals surface area contributed by atoms with Crippen molar-refractivity contribution in [2.45, 2.75) is 24.9 Å². The van der Waals surface area contributed by atoms with Crippen molar-refractivity contribution in [3.05, 3.63) is 0 Å². The minimum Gasteiger partial charge on any atom is -0.381 e. The number of ether oxygens (including phenoxy) is 2. The number of rotatable bonds is 6. The van der Waals surface area contributed by atoms with E-state index in [0.717, 1.165) is 12.8 Å². The topological polar surface area (TPSA) is 78.6 Å². The Balaban J connectivity index is 2.28. The summed E-state index contributed by atoms with van der Waals surface area (Å²) in [5.74, 6) is 0.171. The van der Waals surface area contributed by atoms with Gasteiger partial charge in [0, 0.05) is 45.5 Å². The highest BCUT2D eigenvalue weighted by Gasteiger charge is 2.31. The predicted molar refractivity (Wildman–Crippen MR) is 62.1 cm³/mol. The smallest absolute Gasteiger partial charge is 0.147 e. The van der Waals surface area contributed by atoms with Crippen LogP contribution in [0.15, 0.2) is 0 Å². The molecule has 1 aliphatic heterocycles. The zero-order valence-corrected chi connectivity index (χ0v) is 10.6. The van der Waals surface area contributed by atoms with Gasteiger partial charge in [0.25, 0.3) is 0 Å². The highest BCUT2D eigenvalue weighted by molar-refractivity contribution is 7.90. The monoisotopic (exact) mass is 251 g/mol. The molecule has 0 bridgehead atoms. The first kappa shape index (κ1) is 13.9. The molecule has 0 unspecified atom stereocenters. The zero-order valence-electron chi connectivity index (χ0n) is 9.78. The van der Waals surface area contributed by atoms with E-state index < -0.39 is 9.84 Å². The molecule has 1 fully saturated rings. The maximum Gasteiger partial charge on any atom is 0.147 e. The highest BCUT2D eigenvalue weighted by atomic mass is 32.2. The number of hydrogen-bond acceptors (Lipinski definition) is 5. The van der Waals surface area contributed by atoms with Crippen LogP contribution in [0.25, 0.3) is 0 Å². The van der Waals surface area contributed by atoms with Crippen molar-refractivity contribution >= 4 is 9.84 Å². The fourth-order valence-corrected chi connectivity index (χ4v) is 2.40. The van der Waals surface area contributed by atoms with Crippen LogP contribution < -0.4 is 5.73 Å². The minimum absolute atomic E-state index is 0.171. The first-order valence-corrected chi connectivity index (χ1v) is 7.63. The fourth-order valence-electron chi connectivity index (χ4n) is 1.76. The van der Waals surface area contributed by atoms with Crippen LogP contribution in [0, 0.1) is 0 Å². The molecule has 96 valence electrons. The van der Waals surface area contributed by atoms with E-state index in [1.165, 1.54) is 6.26 Å². The molecule has 1 heterocycles. The van der Waals surface area contributed by atoms with Gasteiger partial charge in [0.1, 0.15) is 9.84 Å². The van der Waals surface area contributed by atoms with Crippen molar-refractivity contribution < 1.29 is 17.9 Å². The zero-order chi connectivity index (χ0) is 12.1. The van der Waals surface area contributed by atoms with Gasteiger partial charge >= 0.3 is 0 Å². The van der Waals surface area contributed by atoms with Gasteiger partial charge in [-0.25, -0.2) is 8.42 Å². The lowest BCUT2D eigenvalue weighted by molar-refractivity contribution is -0.104. The molecule has 1 saturated heterocycles. The molecule has 0 aromatic carbocycles. The summed E-state index contributed by atoms with van der Waals surface area (Å²) in [5, 5.41) is 0. The number of nitrogens with two attached hydrogens (primary N) is 1. The van der Waals surface area contributed by atoms with Gasteiger partial charge in [-0.2, -0.15) is 0 Å². The van der Waals surface area contributed by atoms with Crippen molar-refractivity contribution in [3.63, 3.8) is 0 Å². The van der Waals surface area contributed by atoms with Gasteiger partial charge in [0.2, 0.25) is 0 Å². The van der Waals surface area contributed by atoms with Crippen LogP contribution in [0.4, 0.5) is 0 Å². The predicted octanol–water partition coefficient (Wildman–Crippen LogP) is -0.0544. The number of sulfone groups is 1. The van der Waals surface area contributed by atoms with Crippen LogP contribution in [0.3, 0.4) is 0 Å². The quantitative estimate of drug-likeness (QED) is 0.669. The molecule has 16 heavy (non-hydrogen) atoms. The third-order valence-electron chi connectivity index (χ3n) is 2.84. The van der Waals surface area contributed by atoms with E-state index in [1.54, 1.807) is 0 Å². The van der Waals surface area contributed by atoms with Crippen LogP contribution in [-0.4, -0.2) is 52.4 Å². The average Bonchev–Trinajstić information content (AvgIpc) is 2.25. The third kappa shape index (κ3) is 4.78. The van der Waals surface area contributed by atoms with Crippen molar-refractivity contribution in [2.75, 3.05) is 38.4 Å². The normalized spacial score (nSPS) is 20.9. The Morgan fingerprint density at radius 1 is 1.38 bits per heavy atom. The van der Waals surface area contributed by atoms with Gasteiger partial charge in [-0.15, -0.1) is 0 Å². The lowest BCUT2D eigenvalue weighted by atomic mass is 9.94. The van der Waals surface area contributed by atoms with Gasteiger partial charge < -0.3 is 15.2 Å². The third-order valence-corrected chi connectivity index (χ3v) is 3.87. The second-order valence-electron chi connectivity index (χ2n) is 4.33. The molecule has 0 radical (unpaired) electrons. The first-order chi connectivity index (χ1) is 7.47. The lowest BCUT2D eigenvalue weighted by Crippen LogP contribution is -2.45. The van der Waals surface area contributed by atoms with Gasteiger partial charge in [-0.1, -0.05) is 0 Å². The molecule has 0 spiro atoms. The van der Waals surface area contributed by atoms with E-state index >= 15 is 0 Å². The van der Waals surface area contributed by atoms with E-state index in [-0.39, 0.29) is 11.4 Å². The Kier molecular flexibility index (Phi) is 5.17. The largest absolute Gasteiger partial charge is 0.381 e. The Labute approximate surface area is 97.2 Å². The molecule has 0 aromatic rings. The van der Waals surface area contributed by atoms with Crippen LogP contribution in [0.2, 0.25) is 0 Å². The van der Waals surface area contributed by atoms with E-state index in [4.69, 9.17) is 15.2 Å². The molecule has 5 nitrogen and oxygen atoms in total. The van der Waals surface area contributed by atoms with E-state index in [0.29, 0.717) is 32.8 Å². The van der Waals surface area contributed by atoms with E-state index in [1.807, 2.05) is 0 Å². The molecule has 6 heteroatoms. The first-order valence-electron chi connectivity index (χ1n) is 5.57. The molecule has 2 N–H and O–H groups in total. The van der Waals surface area contributed by atoms with Crippen molar-refractivity contribution in [3.8, 4) is 0 Å². The molecule has 0 aromatic heterocycles. The van der Waals surface area contributed by atoms with Crippen LogP contribution in [0.1, 0.15) is 19.3 Å². The molecule has 0 amide bonds. The van der Waals surface area contributed by atoms with E-state index in [9.17, 15) is 8.42 Å².